The van der Waals surface area contributed by atoms with E-state index in [0.717, 1.165) is 11.1 Å². The second-order valence-corrected chi connectivity index (χ2v) is 12.0. The third-order valence-electron chi connectivity index (χ3n) is 8.69. The second-order valence-electron chi connectivity index (χ2n) is 12.0. The maximum atomic E-state index is 14.3. The zero-order chi connectivity index (χ0) is 30.7. The molecule has 12 heteroatoms. The smallest absolute Gasteiger partial charge is 0.407 e. The van der Waals surface area contributed by atoms with Gasteiger partial charge < -0.3 is 24.2 Å². The van der Waals surface area contributed by atoms with E-state index in [1.54, 1.807) is 30.3 Å². The van der Waals surface area contributed by atoms with Crippen LogP contribution in [-0.4, -0.2) is 127 Å². The van der Waals surface area contributed by atoms with Gasteiger partial charge in [-0.3, -0.25) is 19.5 Å². The molecule has 0 spiro atoms. The van der Waals surface area contributed by atoms with Crippen LogP contribution >= 0.6 is 0 Å². The summed E-state index contributed by atoms with van der Waals surface area (Å²) in [5.74, 6) is -0.0502. The molecule has 0 aliphatic carbocycles. The monoisotopic (exact) mass is 599 g/mol. The number of anilines is 1. The molecule has 5 rings (SSSR count). The zero-order valence-corrected chi connectivity index (χ0v) is 25.3. The average molecular weight is 600 g/mol. The number of amides is 2. The first-order valence-electron chi connectivity index (χ1n) is 14.9. The molecule has 3 aliphatic heterocycles. The molecule has 3 aliphatic rings. The van der Waals surface area contributed by atoms with Crippen molar-refractivity contribution in [2.75, 3.05) is 64.6 Å². The van der Waals surface area contributed by atoms with Gasteiger partial charge in [-0.25, -0.2) is 14.2 Å². The van der Waals surface area contributed by atoms with Crippen molar-refractivity contribution >= 4 is 17.7 Å². The van der Waals surface area contributed by atoms with Crippen LogP contribution in [0.2, 0.25) is 0 Å². The van der Waals surface area contributed by atoms with Crippen molar-refractivity contribution in [2.24, 2.45) is 0 Å². The van der Waals surface area contributed by atoms with Crippen LogP contribution in [0.25, 0.3) is 0 Å². The van der Waals surface area contributed by atoms with Gasteiger partial charge in [0.2, 0.25) is 11.8 Å². The fourth-order valence-corrected chi connectivity index (χ4v) is 6.43. The van der Waals surface area contributed by atoms with Crippen molar-refractivity contribution in [1.29, 1.82) is 0 Å². The van der Waals surface area contributed by atoms with Crippen LogP contribution in [0, 0.1) is 5.82 Å². The predicted octanol–water partition coefficient (Wildman–Crippen LogP) is 2.71. The van der Waals surface area contributed by atoms with Gasteiger partial charge in [0.05, 0.1) is 32.4 Å². The second kappa shape index (κ2) is 13.5. The van der Waals surface area contributed by atoms with Gasteiger partial charge in [0.25, 0.3) is 0 Å². The molecule has 5 atom stereocenters. The maximum Gasteiger partial charge on any atom is 0.407 e. The molecular formula is C31H42FN5O6. The summed E-state index contributed by atoms with van der Waals surface area (Å²) >= 11 is 0. The van der Waals surface area contributed by atoms with E-state index in [1.807, 2.05) is 13.0 Å². The number of carboxylic acid groups (broad SMARTS) is 1. The Kier molecular flexibility index (Phi) is 9.80. The van der Waals surface area contributed by atoms with Crippen LogP contribution in [-0.2, 0) is 20.7 Å². The number of aromatic nitrogens is 1. The van der Waals surface area contributed by atoms with Crippen molar-refractivity contribution in [3.05, 3.63) is 53.5 Å². The third kappa shape index (κ3) is 7.09. The summed E-state index contributed by atoms with van der Waals surface area (Å²) < 4.78 is 30.6. The number of pyridine rings is 1. The highest BCUT2D eigenvalue weighted by Crippen LogP contribution is 2.34. The quantitative estimate of drug-likeness (QED) is 0.490. The number of ether oxygens (including phenoxy) is 3. The molecule has 0 saturated carbocycles. The van der Waals surface area contributed by atoms with E-state index in [-0.39, 0.29) is 61.7 Å². The maximum absolute atomic E-state index is 14.3. The minimum absolute atomic E-state index is 0.109. The summed E-state index contributed by atoms with van der Waals surface area (Å²) in [6.07, 6.45) is 1.28. The van der Waals surface area contributed by atoms with Crippen molar-refractivity contribution in [2.45, 2.75) is 57.4 Å². The molecule has 0 radical (unpaired) electrons. The van der Waals surface area contributed by atoms with Crippen LogP contribution < -0.4 is 9.64 Å². The molecule has 1 N–H and O–H groups in total. The number of nitrogens with zero attached hydrogens (tertiary/aromatic N) is 5. The van der Waals surface area contributed by atoms with Gasteiger partial charge in [-0.15, -0.1) is 0 Å². The van der Waals surface area contributed by atoms with E-state index in [0.29, 0.717) is 50.8 Å². The largest absolute Gasteiger partial charge is 0.474 e. The minimum Gasteiger partial charge on any atom is -0.474 e. The fraction of sp³-hybridized carbons (Fsp3) is 0.581. The van der Waals surface area contributed by atoms with E-state index >= 15 is 0 Å². The molecule has 2 amide bonds. The molecule has 11 nitrogen and oxygen atoms in total. The normalized spacial score (nSPS) is 26.6. The summed E-state index contributed by atoms with van der Waals surface area (Å²) in [6.45, 7) is 9.34. The number of halogens is 1. The van der Waals surface area contributed by atoms with Crippen molar-refractivity contribution in [3.8, 4) is 5.88 Å². The van der Waals surface area contributed by atoms with Gasteiger partial charge in [-0.1, -0.05) is 12.1 Å². The van der Waals surface area contributed by atoms with Crippen molar-refractivity contribution in [1.82, 2.24) is 19.7 Å². The molecule has 1 aromatic carbocycles. The van der Waals surface area contributed by atoms with Crippen LogP contribution in [0.5, 0.6) is 5.88 Å². The Morgan fingerprint density at radius 1 is 1.02 bits per heavy atom. The van der Waals surface area contributed by atoms with E-state index in [2.05, 4.69) is 28.6 Å². The summed E-state index contributed by atoms with van der Waals surface area (Å²) in [6, 6.07) is 7.79. The lowest BCUT2D eigenvalue weighted by Gasteiger charge is -2.48. The zero-order valence-electron chi connectivity index (χ0n) is 25.3. The van der Waals surface area contributed by atoms with Gasteiger partial charge in [0.15, 0.2) is 0 Å². The van der Waals surface area contributed by atoms with E-state index in [1.165, 1.54) is 17.0 Å². The highest BCUT2D eigenvalue weighted by molar-refractivity contribution is 5.97. The lowest BCUT2D eigenvalue weighted by molar-refractivity contribution is -0.123. The van der Waals surface area contributed by atoms with Gasteiger partial charge in [-0.2, -0.15) is 0 Å². The van der Waals surface area contributed by atoms with Crippen molar-refractivity contribution < 1.29 is 33.3 Å². The first-order valence-corrected chi connectivity index (χ1v) is 14.9. The number of fused-ring (bicyclic) bond motifs is 1. The molecule has 4 heterocycles. The SMILES string of the molecule is COCC1COc2ncc(Cc3ccc(F)cc3)cc2N1C(=O)CN1C[C@@H](C)N(C(=O)O)C[C@@H]1CN1[C@H](C)COC[C@H]1C. The summed E-state index contributed by atoms with van der Waals surface area (Å²) in [5, 5.41) is 9.90. The van der Waals surface area contributed by atoms with E-state index < -0.39 is 6.09 Å². The van der Waals surface area contributed by atoms with Gasteiger partial charge in [-0.05, 0) is 56.5 Å². The number of hydrogen-bond acceptors (Lipinski definition) is 8. The summed E-state index contributed by atoms with van der Waals surface area (Å²) in [7, 11) is 1.59. The Bertz CT molecular complexity index is 1270. The number of rotatable bonds is 8. The molecule has 2 aromatic rings. The molecule has 0 bridgehead atoms. The Labute approximate surface area is 252 Å². The molecular weight excluding hydrogens is 557 g/mol. The Balaban J connectivity index is 1.40. The van der Waals surface area contributed by atoms with E-state index in [4.69, 9.17) is 14.2 Å². The highest BCUT2D eigenvalue weighted by atomic mass is 19.1. The fourth-order valence-electron chi connectivity index (χ4n) is 6.43. The van der Waals surface area contributed by atoms with Crippen LogP contribution in [0.15, 0.2) is 36.5 Å². The topological polar surface area (TPSA) is 108 Å². The third-order valence-corrected chi connectivity index (χ3v) is 8.69. The van der Waals surface area contributed by atoms with Gasteiger partial charge >= 0.3 is 6.09 Å². The van der Waals surface area contributed by atoms with Crippen LogP contribution in [0.3, 0.4) is 0 Å². The average Bonchev–Trinajstić information content (AvgIpc) is 2.97. The minimum atomic E-state index is -0.950. The number of carbonyl (C=O) groups is 2. The van der Waals surface area contributed by atoms with Crippen LogP contribution in [0.1, 0.15) is 31.9 Å². The molecule has 43 heavy (non-hydrogen) atoms. The number of methoxy groups -OCH3 is 1. The lowest BCUT2D eigenvalue weighted by atomic mass is 10.0. The molecule has 1 unspecified atom stereocenters. The van der Waals surface area contributed by atoms with Crippen molar-refractivity contribution in [3.63, 3.8) is 0 Å². The van der Waals surface area contributed by atoms with Crippen LogP contribution in [0.4, 0.5) is 14.9 Å². The number of benzene rings is 1. The van der Waals surface area contributed by atoms with Gasteiger partial charge in [0, 0.05) is 57.1 Å². The molecule has 2 fully saturated rings. The Morgan fingerprint density at radius 3 is 2.42 bits per heavy atom. The number of morpholine rings is 1. The summed E-state index contributed by atoms with van der Waals surface area (Å²) in [5.41, 5.74) is 2.36. The molecule has 2 saturated heterocycles. The highest BCUT2D eigenvalue weighted by Gasteiger charge is 2.40. The molecule has 234 valence electrons. The first-order chi connectivity index (χ1) is 20.6. The standard InChI is InChI=1S/C31H42FN5O6/c1-20-12-34(26(14-36(20)31(39)40)13-35-21(2)16-42-17-22(35)3)15-29(38)37-27(18-41-4)19-43-30-28(37)10-24(11-33-30)9-23-5-7-25(32)8-6-23/h5-8,10-11,20-22,26-27H,9,12-19H2,1-4H3,(H,39,40)/t20-,21-,22-,26+,27?/m1/s1. The number of piperazine rings is 1. The Hall–Kier alpha value is -3.32. The summed E-state index contributed by atoms with van der Waals surface area (Å²) in [4.78, 5) is 38.5. The number of hydrogen-bond donors (Lipinski definition) is 1. The molecule has 1 aromatic heterocycles. The number of carbonyl (C=O) groups excluding carboxylic acids is 1. The predicted molar refractivity (Wildman–Crippen MR) is 158 cm³/mol. The first kappa shape index (κ1) is 31.1. The van der Waals surface area contributed by atoms with Gasteiger partial charge in [0.1, 0.15) is 18.1 Å². The van der Waals surface area contributed by atoms with E-state index in [9.17, 15) is 19.1 Å². The Morgan fingerprint density at radius 2 is 1.74 bits per heavy atom. The lowest BCUT2D eigenvalue weighted by Crippen LogP contribution is -2.65.